The fourth-order valence-corrected chi connectivity index (χ4v) is 2.77. The maximum Gasteiger partial charge on any atom is 0.119 e. The molecule has 20 heavy (non-hydrogen) atoms. The molecule has 0 bridgehead atoms. The highest BCUT2D eigenvalue weighted by molar-refractivity contribution is 6.33. The number of hydrogen-bond donors (Lipinski definition) is 0. The van der Waals surface area contributed by atoms with Crippen molar-refractivity contribution in [3.05, 3.63) is 58.6 Å². The summed E-state index contributed by atoms with van der Waals surface area (Å²) in [5.41, 5.74) is 3.17. The van der Waals surface area contributed by atoms with Gasteiger partial charge in [0, 0.05) is 19.5 Å². The van der Waals surface area contributed by atoms with E-state index < -0.39 is 0 Å². The Morgan fingerprint density at radius 1 is 1.15 bits per heavy atom. The van der Waals surface area contributed by atoms with Crippen molar-refractivity contribution >= 4 is 28.9 Å². The lowest BCUT2D eigenvalue weighted by atomic mass is 10.1. The Bertz CT molecular complexity index is 586. The SMILES string of the molecule is COc1cccc(CN(C)c2c(Cl)cccc2CCl)c1. The summed E-state index contributed by atoms with van der Waals surface area (Å²) in [5, 5.41) is 0.716. The molecule has 0 aromatic heterocycles. The molecule has 106 valence electrons. The van der Waals surface area contributed by atoms with Gasteiger partial charge in [-0.1, -0.05) is 35.9 Å². The fraction of sp³-hybridized carbons (Fsp3) is 0.250. The first-order valence-corrected chi connectivity index (χ1v) is 7.24. The van der Waals surface area contributed by atoms with Crippen LogP contribution in [0.4, 0.5) is 5.69 Å². The predicted molar refractivity (Wildman–Crippen MR) is 86.1 cm³/mol. The third-order valence-corrected chi connectivity index (χ3v) is 3.74. The Morgan fingerprint density at radius 2 is 1.90 bits per heavy atom. The summed E-state index contributed by atoms with van der Waals surface area (Å²) in [5.74, 6) is 1.30. The molecule has 0 fully saturated rings. The van der Waals surface area contributed by atoms with E-state index in [4.69, 9.17) is 27.9 Å². The van der Waals surface area contributed by atoms with E-state index in [-0.39, 0.29) is 0 Å². The lowest BCUT2D eigenvalue weighted by molar-refractivity contribution is 0.414. The zero-order valence-corrected chi connectivity index (χ0v) is 13.1. The summed E-state index contributed by atoms with van der Waals surface area (Å²) in [6.07, 6.45) is 0. The lowest BCUT2D eigenvalue weighted by Gasteiger charge is -2.23. The summed E-state index contributed by atoms with van der Waals surface area (Å²) < 4.78 is 5.25. The number of ether oxygens (including phenoxy) is 1. The maximum atomic E-state index is 6.30. The number of alkyl halides is 1. The number of hydrogen-bond acceptors (Lipinski definition) is 2. The number of para-hydroxylation sites is 1. The van der Waals surface area contributed by atoms with Gasteiger partial charge < -0.3 is 9.64 Å². The molecular weight excluding hydrogens is 293 g/mol. The number of nitrogens with zero attached hydrogens (tertiary/aromatic N) is 1. The Kier molecular flexibility index (Phi) is 5.16. The molecule has 2 rings (SSSR count). The topological polar surface area (TPSA) is 12.5 Å². The van der Waals surface area contributed by atoms with Gasteiger partial charge in [-0.25, -0.2) is 0 Å². The third-order valence-electron chi connectivity index (χ3n) is 3.15. The second-order valence-electron chi connectivity index (χ2n) is 4.59. The van der Waals surface area contributed by atoms with E-state index in [9.17, 15) is 0 Å². The standard InChI is InChI=1S/C16H17Cl2NO/c1-19(11-12-5-3-7-14(9-12)20-2)16-13(10-17)6-4-8-15(16)18/h3-9H,10-11H2,1-2H3. The molecule has 0 amide bonds. The molecule has 0 heterocycles. The van der Waals surface area contributed by atoms with Gasteiger partial charge >= 0.3 is 0 Å². The van der Waals surface area contributed by atoms with Gasteiger partial charge in [0.25, 0.3) is 0 Å². The van der Waals surface area contributed by atoms with Crippen LogP contribution < -0.4 is 9.64 Å². The minimum atomic E-state index is 0.443. The van der Waals surface area contributed by atoms with Gasteiger partial charge in [-0.05, 0) is 29.3 Å². The van der Waals surface area contributed by atoms with Crippen LogP contribution in [-0.2, 0) is 12.4 Å². The number of rotatable bonds is 5. The summed E-state index contributed by atoms with van der Waals surface area (Å²) in [7, 11) is 3.68. The summed E-state index contributed by atoms with van der Waals surface area (Å²) in [6, 6.07) is 13.8. The Balaban J connectivity index is 2.25. The van der Waals surface area contributed by atoms with E-state index in [0.717, 1.165) is 29.1 Å². The molecule has 0 N–H and O–H groups in total. The van der Waals surface area contributed by atoms with Crippen LogP contribution in [0.25, 0.3) is 0 Å². The van der Waals surface area contributed by atoms with E-state index >= 15 is 0 Å². The molecule has 0 aliphatic heterocycles. The number of benzene rings is 2. The molecule has 2 aromatic rings. The zero-order chi connectivity index (χ0) is 14.5. The molecule has 2 nitrogen and oxygen atoms in total. The predicted octanol–water partition coefficient (Wildman–Crippen LogP) is 4.72. The van der Waals surface area contributed by atoms with E-state index in [0.29, 0.717) is 10.9 Å². The molecule has 0 saturated heterocycles. The van der Waals surface area contributed by atoms with Crippen molar-refractivity contribution in [2.75, 3.05) is 19.1 Å². The first-order chi connectivity index (χ1) is 9.65. The molecule has 4 heteroatoms. The smallest absolute Gasteiger partial charge is 0.119 e. The number of halogens is 2. The van der Waals surface area contributed by atoms with Crippen LogP contribution in [0.15, 0.2) is 42.5 Å². The van der Waals surface area contributed by atoms with Gasteiger partial charge in [-0.3, -0.25) is 0 Å². The van der Waals surface area contributed by atoms with Gasteiger partial charge in [0.15, 0.2) is 0 Å². The summed E-state index contributed by atoms with van der Waals surface area (Å²) in [4.78, 5) is 2.11. The van der Waals surface area contributed by atoms with Crippen molar-refractivity contribution in [3.8, 4) is 5.75 Å². The molecule has 0 saturated carbocycles. The van der Waals surface area contributed by atoms with Crippen molar-refractivity contribution < 1.29 is 4.74 Å². The van der Waals surface area contributed by atoms with Gasteiger partial charge in [0.05, 0.1) is 17.8 Å². The molecule has 0 aliphatic rings. The molecule has 0 aliphatic carbocycles. The van der Waals surface area contributed by atoms with Crippen LogP contribution in [0.5, 0.6) is 5.75 Å². The van der Waals surface area contributed by atoms with E-state index in [1.165, 1.54) is 0 Å². The Hall–Kier alpha value is -1.38. The van der Waals surface area contributed by atoms with Crippen LogP contribution in [-0.4, -0.2) is 14.2 Å². The second-order valence-corrected chi connectivity index (χ2v) is 5.26. The van der Waals surface area contributed by atoms with Crippen LogP contribution in [0.3, 0.4) is 0 Å². The summed E-state index contributed by atoms with van der Waals surface area (Å²) in [6.45, 7) is 0.741. The highest BCUT2D eigenvalue weighted by atomic mass is 35.5. The van der Waals surface area contributed by atoms with E-state index in [1.54, 1.807) is 7.11 Å². The monoisotopic (exact) mass is 309 g/mol. The second kappa shape index (κ2) is 6.87. The van der Waals surface area contributed by atoms with Crippen molar-refractivity contribution in [1.82, 2.24) is 0 Å². The van der Waals surface area contributed by atoms with Gasteiger partial charge in [-0.15, -0.1) is 11.6 Å². The largest absolute Gasteiger partial charge is 0.497 e. The van der Waals surface area contributed by atoms with Crippen molar-refractivity contribution in [3.63, 3.8) is 0 Å². The Labute approximate surface area is 129 Å². The summed E-state index contributed by atoms with van der Waals surface area (Å²) >= 11 is 12.3. The first-order valence-electron chi connectivity index (χ1n) is 6.33. The average molecular weight is 310 g/mol. The highest BCUT2D eigenvalue weighted by Crippen LogP contribution is 2.31. The fourth-order valence-electron chi connectivity index (χ4n) is 2.22. The molecule has 0 radical (unpaired) electrons. The lowest BCUT2D eigenvalue weighted by Crippen LogP contribution is -2.18. The van der Waals surface area contributed by atoms with Crippen LogP contribution in [0.2, 0.25) is 5.02 Å². The minimum Gasteiger partial charge on any atom is -0.497 e. The molecular formula is C16H17Cl2NO. The molecule has 0 unspecified atom stereocenters. The van der Waals surface area contributed by atoms with E-state index in [1.807, 2.05) is 43.4 Å². The minimum absolute atomic E-state index is 0.443. The number of anilines is 1. The number of methoxy groups -OCH3 is 1. The molecule has 0 spiro atoms. The first kappa shape index (κ1) is 15.0. The highest BCUT2D eigenvalue weighted by Gasteiger charge is 2.11. The van der Waals surface area contributed by atoms with Crippen molar-refractivity contribution in [1.29, 1.82) is 0 Å². The quantitative estimate of drug-likeness (QED) is 0.741. The van der Waals surface area contributed by atoms with Gasteiger partial charge in [0.1, 0.15) is 5.75 Å². The Morgan fingerprint density at radius 3 is 2.60 bits per heavy atom. The van der Waals surface area contributed by atoms with E-state index in [2.05, 4.69) is 11.0 Å². The van der Waals surface area contributed by atoms with Gasteiger partial charge in [0.2, 0.25) is 0 Å². The zero-order valence-electron chi connectivity index (χ0n) is 11.6. The average Bonchev–Trinajstić information content (AvgIpc) is 2.46. The van der Waals surface area contributed by atoms with Crippen LogP contribution in [0.1, 0.15) is 11.1 Å². The van der Waals surface area contributed by atoms with Crippen molar-refractivity contribution in [2.24, 2.45) is 0 Å². The maximum absolute atomic E-state index is 6.30. The third kappa shape index (κ3) is 3.38. The van der Waals surface area contributed by atoms with Crippen LogP contribution >= 0.6 is 23.2 Å². The molecule has 2 aromatic carbocycles. The van der Waals surface area contributed by atoms with Crippen LogP contribution in [0, 0.1) is 0 Å². The van der Waals surface area contributed by atoms with Crippen molar-refractivity contribution in [2.45, 2.75) is 12.4 Å². The van der Waals surface area contributed by atoms with Gasteiger partial charge in [-0.2, -0.15) is 0 Å². The normalized spacial score (nSPS) is 10.4. The molecule has 0 atom stereocenters.